The standard InChI is InChI=1S/C16H24N4.4ClHO4.2H2O/c17-7-1-9-19-11-3-15(4-12-19)16-5-13-20(14-6-16)10-2-8-18;4*2-1(3,4)5;;/h3-6,11-14H,1-2,7-10,17-18H2;4*(H,2,3,4,5);2*1H2/q+2;;;;;;/p-2. The lowest BCUT2D eigenvalue weighted by Gasteiger charge is -2.17. The van der Waals surface area contributed by atoms with E-state index in [1.54, 1.807) is 0 Å². The predicted molar refractivity (Wildman–Crippen MR) is 84.2 cm³/mol. The van der Waals surface area contributed by atoms with E-state index in [4.69, 9.17) is 74.5 Å². The van der Waals surface area contributed by atoms with Crippen LogP contribution in [0.4, 0.5) is 0 Å². The molecule has 22 nitrogen and oxygen atoms in total. The third-order valence-electron chi connectivity index (χ3n) is 3.45. The van der Waals surface area contributed by atoms with Gasteiger partial charge in [0.05, 0.1) is 25.9 Å². The third kappa shape index (κ3) is 58.3. The highest BCUT2D eigenvalue weighted by atomic mass is 35.7. The van der Waals surface area contributed by atoms with Crippen molar-refractivity contribution in [2.45, 2.75) is 25.9 Å². The van der Waals surface area contributed by atoms with Crippen LogP contribution in [0.15, 0.2) is 49.1 Å². The summed E-state index contributed by atoms with van der Waals surface area (Å²) in [6.07, 6.45) is 10.8. The quantitative estimate of drug-likeness (QED) is 0.252. The minimum atomic E-state index is -4.94. The lowest BCUT2D eigenvalue weighted by molar-refractivity contribution is -2.00. The zero-order valence-electron chi connectivity index (χ0n) is 21.2. The molecule has 2 aromatic heterocycles. The second-order valence-electron chi connectivity index (χ2n) is 6.58. The topological polar surface area (TPSA) is 495 Å². The Morgan fingerprint density at radius 1 is 0.429 bits per heavy atom. The van der Waals surface area contributed by atoms with Gasteiger partial charge >= 0.3 is 0 Å². The van der Waals surface area contributed by atoms with Gasteiger partial charge in [0.1, 0.15) is 0 Å². The van der Waals surface area contributed by atoms with Crippen LogP contribution in [0.25, 0.3) is 11.1 Å². The van der Waals surface area contributed by atoms with Gasteiger partial charge in [-0.25, -0.2) is 83.7 Å². The largest absolute Gasteiger partial charge is 0.412 e. The van der Waals surface area contributed by atoms with Crippen molar-refractivity contribution in [2.75, 3.05) is 13.1 Å². The molecule has 0 atom stereocenters. The monoisotopic (exact) mass is 706 g/mol. The highest BCUT2D eigenvalue weighted by Crippen LogP contribution is 2.15. The van der Waals surface area contributed by atoms with E-state index in [1.807, 2.05) is 0 Å². The molecule has 0 aliphatic carbocycles. The Labute approximate surface area is 246 Å². The minimum Gasteiger partial charge on any atom is -0.412 e. The molecule has 0 saturated heterocycles. The Morgan fingerprint density at radius 3 is 0.738 bits per heavy atom. The summed E-state index contributed by atoms with van der Waals surface area (Å²) < 4.78 is 140. The lowest BCUT2D eigenvalue weighted by atomic mass is 10.1. The Kier molecular flexibility index (Phi) is 30.0. The molecule has 0 amide bonds. The smallest absolute Gasteiger partial charge is 0.169 e. The summed E-state index contributed by atoms with van der Waals surface area (Å²) in [4.78, 5) is 0. The van der Waals surface area contributed by atoms with Gasteiger partial charge in [0, 0.05) is 24.3 Å². The molecule has 0 aromatic carbocycles. The summed E-state index contributed by atoms with van der Waals surface area (Å²) in [5, 5.41) is 0. The van der Waals surface area contributed by atoms with Crippen LogP contribution in [0.1, 0.15) is 12.8 Å². The highest BCUT2D eigenvalue weighted by Gasteiger charge is 2.05. The maximum Gasteiger partial charge on any atom is 0.169 e. The van der Waals surface area contributed by atoms with Crippen molar-refractivity contribution in [1.29, 1.82) is 0 Å². The fourth-order valence-electron chi connectivity index (χ4n) is 2.19. The van der Waals surface area contributed by atoms with Crippen molar-refractivity contribution < 1.29 is 147 Å². The maximum atomic E-state index is 8.49. The van der Waals surface area contributed by atoms with Gasteiger partial charge in [0.2, 0.25) is 0 Å². The van der Waals surface area contributed by atoms with Crippen molar-refractivity contribution >= 4 is 0 Å². The molecule has 0 aliphatic heterocycles. The number of halogens is 4. The third-order valence-corrected chi connectivity index (χ3v) is 3.45. The van der Waals surface area contributed by atoms with E-state index in [9.17, 15) is 0 Å². The molecule has 10 N–H and O–H groups in total. The Bertz CT molecular complexity index is 756. The fourth-order valence-corrected chi connectivity index (χ4v) is 2.19. The zero-order chi connectivity index (χ0) is 32.2. The molecule has 0 saturated carbocycles. The van der Waals surface area contributed by atoms with Gasteiger partial charge in [0.25, 0.3) is 0 Å². The first-order valence-electron chi connectivity index (χ1n) is 9.87. The van der Waals surface area contributed by atoms with Gasteiger partial charge in [-0.2, -0.15) is 0 Å². The number of aryl methyl sites for hydroxylation is 2. The van der Waals surface area contributed by atoms with Crippen LogP contribution in [0, 0.1) is 41.0 Å². The second-order valence-corrected chi connectivity index (χ2v) is 9.60. The van der Waals surface area contributed by atoms with E-state index < -0.39 is 41.0 Å². The van der Waals surface area contributed by atoms with Crippen LogP contribution < -0.4 is 95.1 Å². The van der Waals surface area contributed by atoms with Crippen LogP contribution in [0.2, 0.25) is 0 Å². The number of nitrogens with zero attached hydrogens (tertiary/aromatic N) is 2. The molecule has 2 aromatic rings. The fraction of sp³-hybridized carbons (Fsp3) is 0.375. The molecule has 0 fully saturated rings. The van der Waals surface area contributed by atoms with Gasteiger partial charge in [-0.1, -0.05) is 0 Å². The summed E-state index contributed by atoms with van der Waals surface area (Å²) in [7, 11) is -19.8. The van der Waals surface area contributed by atoms with E-state index in [0.29, 0.717) is 0 Å². The van der Waals surface area contributed by atoms with Crippen LogP contribution in [-0.4, -0.2) is 24.0 Å². The molecular weight excluding hydrogens is 678 g/mol. The molecular formula is C16H30Cl4N4O18. The molecule has 250 valence electrons. The van der Waals surface area contributed by atoms with Crippen molar-refractivity contribution in [2.24, 2.45) is 0 Å². The first-order valence-corrected chi connectivity index (χ1v) is 14.8. The maximum absolute atomic E-state index is 8.49. The Morgan fingerprint density at radius 2 is 0.595 bits per heavy atom. The van der Waals surface area contributed by atoms with E-state index in [1.165, 1.54) is 11.1 Å². The van der Waals surface area contributed by atoms with Gasteiger partial charge in [-0.05, 0) is 11.1 Å². The van der Waals surface area contributed by atoms with Crippen LogP contribution in [0.3, 0.4) is 0 Å². The molecule has 2 heterocycles. The zero-order valence-corrected chi connectivity index (χ0v) is 24.2. The second kappa shape index (κ2) is 25.0. The highest BCUT2D eigenvalue weighted by molar-refractivity contribution is 5.60. The molecule has 42 heavy (non-hydrogen) atoms. The molecule has 0 radical (unpaired) electrons. The summed E-state index contributed by atoms with van der Waals surface area (Å²) in [5.41, 5.74) is 10.3. The molecule has 0 spiro atoms. The van der Waals surface area contributed by atoms with Crippen LogP contribution in [-0.2, 0) is 13.1 Å². The first-order chi connectivity index (χ1) is 17.8. The predicted octanol–water partition coefficient (Wildman–Crippen LogP) is -21.5. The van der Waals surface area contributed by atoms with E-state index in [0.717, 1.165) is 39.0 Å². The molecule has 0 bridgehead atoms. The summed E-state index contributed by atoms with van der Waals surface area (Å²) in [6.45, 7) is 4.06. The van der Waals surface area contributed by atoms with E-state index in [2.05, 4.69) is 69.7 Å². The molecule has 0 unspecified atom stereocenters. The summed E-state index contributed by atoms with van der Waals surface area (Å²) >= 11 is 0. The van der Waals surface area contributed by atoms with Crippen molar-refractivity contribution in [3.63, 3.8) is 0 Å². The number of quaternary nitrogens is 2. The molecule has 0 aliphatic rings. The SMILES string of the molecule is O.O.[NH3+]CCC[n+]1ccc(-c2cc[n+](CCC[NH3+])cc2)cc1.[O-][Cl+3]([O-])([O-])[O-].[O-][Cl+3]([O-])([O-])[O-].[O-][Cl+3]([O-])([O-])[O-].[O-][Cl+3]([O-])([O-])[O-]. The number of aromatic nitrogens is 2. The van der Waals surface area contributed by atoms with Crippen molar-refractivity contribution in [1.82, 2.24) is 0 Å². The van der Waals surface area contributed by atoms with Gasteiger partial charge in [-0.15, -0.1) is 41.0 Å². The van der Waals surface area contributed by atoms with E-state index in [-0.39, 0.29) is 11.0 Å². The number of pyridine rings is 2. The Hall–Kier alpha value is -1.34. The van der Waals surface area contributed by atoms with Crippen LogP contribution in [0.5, 0.6) is 0 Å². The number of hydrogen-bond acceptors (Lipinski definition) is 16. The van der Waals surface area contributed by atoms with Gasteiger partial charge in [-0.3, -0.25) is 0 Å². The number of hydrogen-bond donors (Lipinski definition) is 2. The van der Waals surface area contributed by atoms with Crippen molar-refractivity contribution in [3.05, 3.63) is 49.1 Å². The average Bonchev–Trinajstić information content (AvgIpc) is 2.72. The minimum absolute atomic E-state index is 0. The summed E-state index contributed by atoms with van der Waals surface area (Å²) in [5.74, 6) is 0. The van der Waals surface area contributed by atoms with Crippen LogP contribution >= 0.6 is 0 Å². The molecule has 2 rings (SSSR count). The first kappa shape index (κ1) is 50.3. The number of rotatable bonds is 7. The lowest BCUT2D eigenvalue weighted by Crippen LogP contribution is -2.68. The molecule has 26 heteroatoms. The van der Waals surface area contributed by atoms with Crippen molar-refractivity contribution in [3.8, 4) is 11.1 Å². The van der Waals surface area contributed by atoms with Gasteiger partial charge in [0.15, 0.2) is 37.9 Å². The normalized spacial score (nSPS) is 10.8. The Balaban J connectivity index is -0.000000171. The summed E-state index contributed by atoms with van der Waals surface area (Å²) in [6, 6.07) is 8.72. The van der Waals surface area contributed by atoms with Gasteiger partial charge < -0.3 is 22.4 Å². The van der Waals surface area contributed by atoms with E-state index >= 15 is 0 Å². The average molecular weight is 708 g/mol.